The highest BCUT2D eigenvalue weighted by Gasteiger charge is 2.16. The number of hydrogen-bond donors (Lipinski definition) is 1. The van der Waals surface area contributed by atoms with Crippen molar-refractivity contribution >= 4 is 15.7 Å². The van der Waals surface area contributed by atoms with Crippen LogP contribution in [0.25, 0.3) is 0 Å². The van der Waals surface area contributed by atoms with Crippen molar-refractivity contribution in [3.05, 3.63) is 24.3 Å². The first-order valence-corrected chi connectivity index (χ1v) is 7.11. The van der Waals surface area contributed by atoms with Gasteiger partial charge in [-0.1, -0.05) is 0 Å². The van der Waals surface area contributed by atoms with Crippen LogP contribution in [0.5, 0.6) is 0 Å². The maximum atomic E-state index is 11.8. The second kappa shape index (κ2) is 6.17. The summed E-state index contributed by atoms with van der Waals surface area (Å²) in [7, 11) is 1.33. The Hall–Kier alpha value is -1.11. The summed E-state index contributed by atoms with van der Waals surface area (Å²) in [6.07, 6.45) is 0.107. The third-order valence-electron chi connectivity index (χ3n) is 2.63. The molecule has 0 amide bonds. The Morgan fingerprint density at radius 1 is 1.28 bits per heavy atom. The van der Waals surface area contributed by atoms with Gasteiger partial charge in [-0.05, 0) is 31.2 Å². The number of methoxy groups -OCH3 is 1. The summed E-state index contributed by atoms with van der Waals surface area (Å²) < 4.78 is 30.0. The molecular formula is C12H20N2O3S. The van der Waals surface area contributed by atoms with Gasteiger partial charge in [-0.3, -0.25) is 0 Å². The van der Waals surface area contributed by atoms with Gasteiger partial charge in [-0.25, -0.2) is 12.7 Å². The Balaban J connectivity index is 2.75. The summed E-state index contributed by atoms with van der Waals surface area (Å²) in [4.78, 5) is 0.290. The Morgan fingerprint density at radius 2 is 1.83 bits per heavy atom. The van der Waals surface area contributed by atoms with Crippen LogP contribution >= 0.6 is 0 Å². The topological polar surface area (TPSA) is 58.6 Å². The molecule has 0 radical (unpaired) electrons. The maximum absolute atomic E-state index is 11.8. The minimum Gasteiger partial charge on any atom is -0.382 e. The number of anilines is 1. The maximum Gasteiger partial charge on any atom is 0.242 e. The van der Waals surface area contributed by atoms with E-state index in [0.717, 1.165) is 5.69 Å². The molecule has 0 spiro atoms. The van der Waals surface area contributed by atoms with Crippen LogP contribution in [0.3, 0.4) is 0 Å². The van der Waals surface area contributed by atoms with Gasteiger partial charge in [-0.2, -0.15) is 0 Å². The van der Waals surface area contributed by atoms with E-state index in [1.807, 2.05) is 6.92 Å². The van der Waals surface area contributed by atoms with Gasteiger partial charge >= 0.3 is 0 Å². The van der Waals surface area contributed by atoms with Crippen molar-refractivity contribution in [2.45, 2.75) is 17.9 Å². The van der Waals surface area contributed by atoms with E-state index in [1.54, 1.807) is 31.4 Å². The van der Waals surface area contributed by atoms with Crippen molar-refractivity contribution in [2.75, 3.05) is 33.1 Å². The van der Waals surface area contributed by atoms with Crippen LogP contribution < -0.4 is 5.32 Å². The molecule has 0 fully saturated rings. The van der Waals surface area contributed by atoms with Crippen LogP contribution in [0, 0.1) is 0 Å². The first-order valence-electron chi connectivity index (χ1n) is 5.67. The van der Waals surface area contributed by atoms with Crippen LogP contribution in [0.1, 0.15) is 6.92 Å². The van der Waals surface area contributed by atoms with Crippen LogP contribution in [0.15, 0.2) is 29.2 Å². The third kappa shape index (κ3) is 3.69. The second-order valence-electron chi connectivity index (χ2n) is 4.24. The number of rotatable bonds is 6. The lowest BCUT2D eigenvalue weighted by Crippen LogP contribution is -2.22. The largest absolute Gasteiger partial charge is 0.382 e. The van der Waals surface area contributed by atoms with Crippen LogP contribution in [-0.2, 0) is 14.8 Å². The SMILES string of the molecule is COC(C)CNc1ccc(S(=O)(=O)N(C)C)cc1. The van der Waals surface area contributed by atoms with E-state index in [0.29, 0.717) is 6.54 Å². The highest BCUT2D eigenvalue weighted by atomic mass is 32.2. The van der Waals surface area contributed by atoms with E-state index >= 15 is 0 Å². The number of sulfonamides is 1. The van der Waals surface area contributed by atoms with E-state index in [4.69, 9.17) is 4.74 Å². The van der Waals surface area contributed by atoms with E-state index in [-0.39, 0.29) is 11.0 Å². The quantitative estimate of drug-likeness (QED) is 0.850. The molecule has 0 saturated carbocycles. The van der Waals surface area contributed by atoms with Gasteiger partial charge in [0.1, 0.15) is 0 Å². The molecule has 0 bridgehead atoms. The number of benzene rings is 1. The first kappa shape index (κ1) is 14.9. The molecule has 0 saturated heterocycles. The lowest BCUT2D eigenvalue weighted by atomic mass is 10.3. The molecule has 0 aliphatic heterocycles. The molecular weight excluding hydrogens is 252 g/mol. The average molecular weight is 272 g/mol. The van der Waals surface area contributed by atoms with Gasteiger partial charge in [-0.15, -0.1) is 0 Å². The first-order chi connectivity index (χ1) is 8.37. The van der Waals surface area contributed by atoms with E-state index in [2.05, 4.69) is 5.32 Å². The van der Waals surface area contributed by atoms with Crippen molar-refractivity contribution in [1.82, 2.24) is 4.31 Å². The summed E-state index contributed by atoms with van der Waals surface area (Å²) in [6.45, 7) is 2.63. The number of nitrogens with one attached hydrogen (secondary N) is 1. The molecule has 1 atom stereocenters. The average Bonchev–Trinajstić information content (AvgIpc) is 2.36. The van der Waals surface area contributed by atoms with Gasteiger partial charge in [0.15, 0.2) is 0 Å². The van der Waals surface area contributed by atoms with Gasteiger partial charge < -0.3 is 10.1 Å². The monoisotopic (exact) mass is 272 g/mol. The molecule has 0 aliphatic carbocycles. The van der Waals surface area contributed by atoms with Gasteiger partial charge in [0.25, 0.3) is 0 Å². The van der Waals surface area contributed by atoms with E-state index < -0.39 is 10.0 Å². The Labute approximate surface area is 109 Å². The molecule has 0 aliphatic rings. The Bertz CT molecular complexity index is 469. The molecule has 6 heteroatoms. The highest BCUT2D eigenvalue weighted by molar-refractivity contribution is 7.89. The predicted molar refractivity (Wildman–Crippen MR) is 72.3 cm³/mol. The summed E-state index contributed by atoms with van der Waals surface area (Å²) >= 11 is 0. The van der Waals surface area contributed by atoms with Crippen molar-refractivity contribution < 1.29 is 13.2 Å². The fourth-order valence-corrected chi connectivity index (χ4v) is 2.20. The Kier molecular flexibility index (Phi) is 5.13. The molecule has 0 heterocycles. The summed E-state index contributed by atoms with van der Waals surface area (Å²) in [5, 5.41) is 3.17. The minimum absolute atomic E-state index is 0.107. The van der Waals surface area contributed by atoms with Crippen molar-refractivity contribution in [1.29, 1.82) is 0 Å². The van der Waals surface area contributed by atoms with Crippen LogP contribution in [0.4, 0.5) is 5.69 Å². The van der Waals surface area contributed by atoms with Crippen LogP contribution in [0.2, 0.25) is 0 Å². The molecule has 1 rings (SSSR count). The highest BCUT2D eigenvalue weighted by Crippen LogP contribution is 2.16. The fourth-order valence-electron chi connectivity index (χ4n) is 1.30. The minimum atomic E-state index is -3.35. The predicted octanol–water partition coefficient (Wildman–Crippen LogP) is 1.38. The smallest absolute Gasteiger partial charge is 0.242 e. The second-order valence-corrected chi connectivity index (χ2v) is 6.39. The zero-order valence-electron chi connectivity index (χ0n) is 11.2. The zero-order chi connectivity index (χ0) is 13.8. The fraction of sp³-hybridized carbons (Fsp3) is 0.500. The molecule has 1 aromatic rings. The molecule has 102 valence electrons. The molecule has 1 N–H and O–H groups in total. The standard InChI is InChI=1S/C12H20N2O3S/c1-10(17-4)9-13-11-5-7-12(8-6-11)18(15,16)14(2)3/h5-8,10,13H,9H2,1-4H3. The van der Waals surface area contributed by atoms with Gasteiger partial charge in [0, 0.05) is 33.4 Å². The number of hydrogen-bond acceptors (Lipinski definition) is 4. The van der Waals surface area contributed by atoms with Crippen LogP contribution in [-0.4, -0.2) is 46.6 Å². The van der Waals surface area contributed by atoms with E-state index in [1.165, 1.54) is 18.4 Å². The van der Waals surface area contributed by atoms with Crippen molar-refractivity contribution in [3.63, 3.8) is 0 Å². The molecule has 1 aromatic carbocycles. The lowest BCUT2D eigenvalue weighted by Gasteiger charge is -2.14. The van der Waals surface area contributed by atoms with Gasteiger partial charge in [0.2, 0.25) is 10.0 Å². The van der Waals surface area contributed by atoms with Gasteiger partial charge in [0.05, 0.1) is 11.0 Å². The van der Waals surface area contributed by atoms with Crippen molar-refractivity contribution in [3.8, 4) is 0 Å². The summed E-state index contributed by atoms with van der Waals surface area (Å²) in [5.41, 5.74) is 0.872. The zero-order valence-corrected chi connectivity index (χ0v) is 12.0. The van der Waals surface area contributed by atoms with Crippen molar-refractivity contribution in [2.24, 2.45) is 0 Å². The number of ether oxygens (including phenoxy) is 1. The third-order valence-corrected chi connectivity index (χ3v) is 4.46. The lowest BCUT2D eigenvalue weighted by molar-refractivity contribution is 0.129. The molecule has 0 aromatic heterocycles. The summed E-state index contributed by atoms with van der Waals surface area (Å²) in [5.74, 6) is 0. The Morgan fingerprint density at radius 3 is 2.28 bits per heavy atom. The molecule has 18 heavy (non-hydrogen) atoms. The molecule has 5 nitrogen and oxygen atoms in total. The van der Waals surface area contributed by atoms with E-state index in [9.17, 15) is 8.42 Å². The number of nitrogens with zero attached hydrogens (tertiary/aromatic N) is 1. The normalized spacial score (nSPS) is 13.6. The molecule has 1 unspecified atom stereocenters. The summed E-state index contributed by atoms with van der Waals surface area (Å²) in [6, 6.07) is 6.68.